The highest BCUT2D eigenvalue weighted by Gasteiger charge is 2.31. The minimum atomic E-state index is -0.959. The molecule has 0 radical (unpaired) electrons. The molecule has 2 amide bonds. The summed E-state index contributed by atoms with van der Waals surface area (Å²) in [5.41, 5.74) is 0.443. The van der Waals surface area contributed by atoms with Crippen molar-refractivity contribution >= 4 is 52.7 Å². The van der Waals surface area contributed by atoms with Gasteiger partial charge < -0.3 is 39.3 Å². The summed E-state index contributed by atoms with van der Waals surface area (Å²) in [6, 6.07) is 6.85. The number of carbonyl (C=O) groups excluding carboxylic acids is 2. The largest absolute Gasteiger partial charge is 0.507 e. The van der Waals surface area contributed by atoms with Crippen molar-refractivity contribution in [3.8, 4) is 23.3 Å². The molecule has 13 nitrogen and oxygen atoms in total. The third kappa shape index (κ3) is 9.65. The lowest BCUT2D eigenvalue weighted by atomic mass is 9.78. The number of fused-ring (bicyclic) bond motifs is 1. The van der Waals surface area contributed by atoms with Gasteiger partial charge in [-0.2, -0.15) is 5.26 Å². The first-order valence-corrected chi connectivity index (χ1v) is 15.6. The second-order valence-corrected chi connectivity index (χ2v) is 12.5. The van der Waals surface area contributed by atoms with Crippen LogP contribution in [0.2, 0.25) is 0 Å². The first-order valence-electron chi connectivity index (χ1n) is 14.8. The summed E-state index contributed by atoms with van der Waals surface area (Å²) >= 11 is 1.17. The van der Waals surface area contributed by atoms with Crippen LogP contribution in [0.1, 0.15) is 42.8 Å². The molecule has 2 aromatic carbocycles. The quantitative estimate of drug-likeness (QED) is 0.151. The van der Waals surface area contributed by atoms with Crippen LogP contribution in [0.5, 0.6) is 17.2 Å². The smallest absolute Gasteiger partial charge is 0.415 e. The topological polar surface area (TPSA) is 183 Å². The number of carboxylic acids is 1. The summed E-state index contributed by atoms with van der Waals surface area (Å²) in [5.74, 6) is -1.17. The maximum Gasteiger partial charge on any atom is 0.415 e. The number of aromatic hydroxyl groups is 2. The Kier molecular flexibility index (Phi) is 12.7. The van der Waals surface area contributed by atoms with Crippen LogP contribution in [0, 0.1) is 18.3 Å². The van der Waals surface area contributed by atoms with Crippen LogP contribution < -0.4 is 15.2 Å². The zero-order valence-electron chi connectivity index (χ0n) is 27.0. The van der Waals surface area contributed by atoms with Gasteiger partial charge in [0.2, 0.25) is 5.91 Å². The molecular formula is C33H40N4O9S. The zero-order valence-corrected chi connectivity index (χ0v) is 27.8. The average Bonchev–Trinajstić information content (AvgIpc) is 3.43. The molecule has 0 aliphatic heterocycles. The predicted octanol–water partition coefficient (Wildman–Crippen LogP) is 2.84. The van der Waals surface area contributed by atoms with E-state index < -0.39 is 17.5 Å². The highest BCUT2D eigenvalue weighted by Crippen LogP contribution is 2.32. The fourth-order valence-corrected chi connectivity index (χ4v) is 5.61. The Balaban J connectivity index is 1.67. The summed E-state index contributed by atoms with van der Waals surface area (Å²) in [4.78, 5) is 44.3. The van der Waals surface area contributed by atoms with Crippen LogP contribution >= 0.6 is 11.3 Å². The molecule has 0 bridgehead atoms. The number of hydrogen-bond donors (Lipinski definition) is 3. The Bertz CT molecular complexity index is 1770. The number of rotatable bonds is 16. The van der Waals surface area contributed by atoms with Gasteiger partial charge in [0, 0.05) is 66.1 Å². The standard InChI is InChI=1S/C33H40N4O9S/c1-20-21(2)31(42)29(22(3)30(20)41)33(4,5)18-27(38)36(6)10-11-37(12-14-45-16-15-44-13-9-28(39)40)32(43)46-23-7-8-24-25(17-23)47-26(19-34)35-24/h7-8,17,41-42H,2-3,9-16,18H2,1,4-6H3,(H,39,40). The van der Waals surface area contributed by atoms with Gasteiger partial charge in [-0.15, -0.1) is 11.3 Å². The van der Waals surface area contributed by atoms with Crippen molar-refractivity contribution in [2.24, 2.45) is 0 Å². The van der Waals surface area contributed by atoms with Crippen molar-refractivity contribution in [3.63, 3.8) is 0 Å². The van der Waals surface area contributed by atoms with Crippen LogP contribution in [0.15, 0.2) is 18.2 Å². The summed E-state index contributed by atoms with van der Waals surface area (Å²) in [7, 11) is 1.60. The van der Waals surface area contributed by atoms with E-state index in [0.29, 0.717) is 21.3 Å². The van der Waals surface area contributed by atoms with E-state index in [1.165, 1.54) is 21.1 Å². The lowest BCUT2D eigenvalue weighted by Gasteiger charge is -2.30. The maximum atomic E-state index is 13.4. The van der Waals surface area contributed by atoms with Crippen molar-refractivity contribution in [3.05, 3.63) is 44.8 Å². The monoisotopic (exact) mass is 668 g/mol. The van der Waals surface area contributed by atoms with Gasteiger partial charge >= 0.3 is 12.1 Å². The second kappa shape index (κ2) is 16.2. The van der Waals surface area contributed by atoms with E-state index >= 15 is 0 Å². The van der Waals surface area contributed by atoms with E-state index in [-0.39, 0.29) is 97.5 Å². The zero-order chi connectivity index (χ0) is 34.9. The SMILES string of the molecule is C=c1c(C)c(O)c(=C)c(C(C)(C)CC(=O)N(C)CCN(CCOCCOCCC(=O)O)C(=O)Oc2ccc3nc(C#N)sc3c2)c1O. The van der Waals surface area contributed by atoms with Crippen LogP contribution in [0.3, 0.4) is 0 Å². The van der Waals surface area contributed by atoms with Gasteiger partial charge in [-0.1, -0.05) is 27.0 Å². The number of nitrogens with zero attached hydrogens (tertiary/aromatic N) is 4. The third-order valence-corrected chi connectivity index (χ3v) is 8.50. The number of phenols is 2. The fraction of sp³-hybridized carbons (Fsp3) is 0.424. The van der Waals surface area contributed by atoms with Crippen molar-refractivity contribution in [2.45, 2.75) is 39.0 Å². The molecule has 0 saturated carbocycles. The third-order valence-electron chi connectivity index (χ3n) is 7.58. The number of thiazole rings is 1. The van der Waals surface area contributed by atoms with E-state index in [0.717, 1.165) is 0 Å². The molecule has 0 aliphatic carbocycles. The maximum absolute atomic E-state index is 13.4. The number of nitriles is 1. The number of carbonyl (C=O) groups is 3. The van der Waals surface area contributed by atoms with Crippen LogP contribution in [-0.4, -0.2) is 101 Å². The number of hydrogen-bond acceptors (Lipinski definition) is 11. The molecule has 14 heteroatoms. The van der Waals surface area contributed by atoms with Crippen molar-refractivity contribution in [2.75, 3.05) is 53.1 Å². The summed E-state index contributed by atoms with van der Waals surface area (Å²) in [6.45, 7) is 13.8. The number of likely N-dealkylation sites (N-methyl/N-ethyl adjacent to an activating group) is 1. The number of carboxylic acid groups (broad SMARTS) is 1. The van der Waals surface area contributed by atoms with Crippen molar-refractivity contribution < 1.29 is 43.9 Å². The number of aromatic nitrogens is 1. The molecule has 3 rings (SSSR count). The van der Waals surface area contributed by atoms with E-state index in [9.17, 15) is 24.6 Å². The minimum Gasteiger partial charge on any atom is -0.507 e. The molecule has 0 unspecified atom stereocenters. The summed E-state index contributed by atoms with van der Waals surface area (Å²) in [6.07, 6.45) is -0.825. The molecule has 0 fully saturated rings. The molecule has 47 heavy (non-hydrogen) atoms. The van der Waals surface area contributed by atoms with Crippen molar-refractivity contribution in [1.82, 2.24) is 14.8 Å². The number of benzene rings is 2. The molecule has 0 aliphatic rings. The van der Waals surface area contributed by atoms with Gasteiger partial charge in [0.1, 0.15) is 23.3 Å². The van der Waals surface area contributed by atoms with E-state index in [1.807, 2.05) is 6.07 Å². The molecular weight excluding hydrogens is 628 g/mol. The lowest BCUT2D eigenvalue weighted by Crippen LogP contribution is -2.43. The van der Waals surface area contributed by atoms with Crippen LogP contribution in [0.4, 0.5) is 4.79 Å². The van der Waals surface area contributed by atoms with Gasteiger partial charge in [0.15, 0.2) is 5.01 Å². The molecule has 0 atom stereocenters. The minimum absolute atomic E-state index is 0.0312. The Morgan fingerprint density at radius 1 is 1.02 bits per heavy atom. The van der Waals surface area contributed by atoms with E-state index in [2.05, 4.69) is 18.1 Å². The van der Waals surface area contributed by atoms with Gasteiger partial charge in [-0.05, 0) is 19.1 Å². The highest BCUT2D eigenvalue weighted by molar-refractivity contribution is 7.19. The van der Waals surface area contributed by atoms with E-state index in [4.69, 9.17) is 24.6 Å². The van der Waals surface area contributed by atoms with Gasteiger partial charge in [0.25, 0.3) is 0 Å². The molecule has 3 N–H and O–H groups in total. The molecule has 0 saturated heterocycles. The lowest BCUT2D eigenvalue weighted by molar-refractivity contribution is -0.138. The van der Waals surface area contributed by atoms with Gasteiger partial charge in [-0.25, -0.2) is 9.78 Å². The molecule has 1 heterocycles. The van der Waals surface area contributed by atoms with Crippen LogP contribution in [-0.2, 0) is 24.5 Å². The summed E-state index contributed by atoms with van der Waals surface area (Å²) in [5, 5.41) is 40.0. The Hall–Kier alpha value is -4.71. The Morgan fingerprint density at radius 3 is 2.36 bits per heavy atom. The fourth-order valence-electron chi connectivity index (χ4n) is 4.82. The number of amides is 2. The molecule has 1 aromatic heterocycles. The second-order valence-electron chi connectivity index (χ2n) is 11.5. The van der Waals surface area contributed by atoms with Crippen LogP contribution in [0.25, 0.3) is 23.4 Å². The molecule has 0 spiro atoms. The van der Waals surface area contributed by atoms with Crippen molar-refractivity contribution in [1.29, 1.82) is 5.26 Å². The summed E-state index contributed by atoms with van der Waals surface area (Å²) < 4.78 is 17.1. The van der Waals surface area contributed by atoms with Gasteiger partial charge in [0.05, 0.1) is 43.1 Å². The molecule has 3 aromatic rings. The Labute approximate surface area is 276 Å². The average molecular weight is 669 g/mol. The number of aliphatic carboxylic acids is 1. The predicted molar refractivity (Wildman–Crippen MR) is 176 cm³/mol. The molecule has 252 valence electrons. The normalized spacial score (nSPS) is 11.3. The number of phenolic OH excluding ortho intramolecular Hbond substituents is 2. The first kappa shape index (κ1) is 36.8. The number of ether oxygens (including phenoxy) is 3. The van der Waals surface area contributed by atoms with E-state index in [1.54, 1.807) is 46.0 Å². The van der Waals surface area contributed by atoms with Gasteiger partial charge in [-0.3, -0.25) is 9.59 Å². The highest BCUT2D eigenvalue weighted by atomic mass is 32.1. The first-order chi connectivity index (χ1) is 22.2. The Morgan fingerprint density at radius 2 is 1.70 bits per heavy atom.